The van der Waals surface area contributed by atoms with Gasteiger partial charge in [-0.15, -0.1) is 0 Å². The molecule has 0 aliphatic heterocycles. The molecule has 4 unspecified atom stereocenters. The van der Waals surface area contributed by atoms with Crippen LogP contribution in [0.2, 0.25) is 0 Å². The zero-order chi connectivity index (χ0) is 49.0. The Morgan fingerprint density at radius 3 is 1.83 bits per heavy atom. The molecule has 360 valence electrons. The summed E-state index contributed by atoms with van der Waals surface area (Å²) in [5.74, 6) is 4.08. The Morgan fingerprint density at radius 2 is 1.03 bits per heavy atom. The Balaban J connectivity index is 0.857. The minimum atomic E-state index is 0.146. The van der Waals surface area contributed by atoms with Crippen LogP contribution in [0.4, 0.5) is 17.1 Å². The number of fused-ring (bicyclic) bond motifs is 11. The molecule has 0 N–H and O–H groups in total. The number of benzene rings is 10. The number of para-hydroxylation sites is 4. The summed E-state index contributed by atoms with van der Waals surface area (Å²) < 4.78 is 2.42. The van der Waals surface area contributed by atoms with Crippen LogP contribution in [0.15, 0.2) is 224 Å². The monoisotopic (exact) mass is 962 g/mol. The van der Waals surface area contributed by atoms with E-state index >= 15 is 0 Å². The van der Waals surface area contributed by atoms with E-state index in [-0.39, 0.29) is 5.41 Å². The third-order valence-corrected chi connectivity index (χ3v) is 20.5. The second-order valence-electron chi connectivity index (χ2n) is 23.3. The highest BCUT2D eigenvalue weighted by atomic mass is 15.1. The van der Waals surface area contributed by atoms with Gasteiger partial charge in [0.1, 0.15) is 0 Å². The lowest BCUT2D eigenvalue weighted by atomic mass is 9.11. The normalized spacial score (nSPS) is 23.6. The van der Waals surface area contributed by atoms with E-state index in [9.17, 15) is 0 Å². The van der Waals surface area contributed by atoms with Crippen LogP contribution in [0.5, 0.6) is 0 Å². The fraction of sp³-hybridized carbons (Fsp3) is 0.205. The summed E-state index contributed by atoms with van der Waals surface area (Å²) >= 11 is 0. The molecule has 2 spiro atoms. The molecule has 5 fully saturated rings. The Hall–Kier alpha value is -7.94. The van der Waals surface area contributed by atoms with E-state index in [1.807, 2.05) is 0 Å². The lowest BCUT2D eigenvalue weighted by molar-refractivity contribution is -0.412. The maximum absolute atomic E-state index is 2.67. The second kappa shape index (κ2) is 15.8. The van der Waals surface area contributed by atoms with Crippen molar-refractivity contribution in [2.24, 2.45) is 29.1 Å². The van der Waals surface area contributed by atoms with E-state index in [1.165, 1.54) is 151 Å². The summed E-state index contributed by atoms with van der Waals surface area (Å²) in [5.41, 5.74) is 23.2. The quantitative estimate of drug-likeness (QED) is 0.147. The van der Waals surface area contributed by atoms with E-state index in [0.717, 1.165) is 29.4 Å². The highest BCUT2D eigenvalue weighted by Crippen LogP contribution is 2.94. The van der Waals surface area contributed by atoms with Gasteiger partial charge in [-0.3, -0.25) is 0 Å². The van der Waals surface area contributed by atoms with Crippen molar-refractivity contribution in [1.29, 1.82) is 0 Å². The fourth-order valence-electron chi connectivity index (χ4n) is 17.6. The number of aromatic nitrogens is 1. The SMILES string of the molecule is c1ccc(-n2c3ccccc3c3c(-c4ccc(N(c5ccccc5-c5ccc6c(c5)C5(c7ccccc7-6)C6CC7CC8CC5C786)c5ccccc5-c5cccc6cccc(C7CCCCC7)c56)cc4)cccc32)cc1. The predicted molar refractivity (Wildman–Crippen MR) is 312 cm³/mol. The molecule has 6 aliphatic carbocycles. The van der Waals surface area contributed by atoms with Gasteiger partial charge < -0.3 is 9.47 Å². The first kappa shape index (κ1) is 42.4. The molecule has 1 aromatic heterocycles. The molecule has 5 saturated carbocycles. The zero-order valence-electron chi connectivity index (χ0n) is 42.3. The van der Waals surface area contributed by atoms with Crippen LogP contribution in [0.25, 0.3) is 82.8 Å². The minimum Gasteiger partial charge on any atom is -0.309 e. The number of hydrogen-bond acceptors (Lipinski definition) is 1. The third-order valence-electron chi connectivity index (χ3n) is 20.5. The lowest BCUT2D eigenvalue weighted by Crippen LogP contribution is -2.88. The van der Waals surface area contributed by atoms with Crippen molar-refractivity contribution in [3.05, 3.63) is 241 Å². The van der Waals surface area contributed by atoms with Crippen molar-refractivity contribution in [1.82, 2.24) is 4.57 Å². The Morgan fingerprint density at radius 1 is 0.413 bits per heavy atom. The van der Waals surface area contributed by atoms with Crippen molar-refractivity contribution in [2.45, 2.75) is 62.7 Å². The van der Waals surface area contributed by atoms with Gasteiger partial charge in [0.2, 0.25) is 0 Å². The van der Waals surface area contributed by atoms with Crippen LogP contribution >= 0.6 is 0 Å². The van der Waals surface area contributed by atoms with Crippen molar-refractivity contribution in [3.8, 4) is 50.2 Å². The Labute approximate surface area is 439 Å². The van der Waals surface area contributed by atoms with Crippen molar-refractivity contribution >= 4 is 49.6 Å². The first-order valence-corrected chi connectivity index (χ1v) is 28.1. The zero-order valence-corrected chi connectivity index (χ0v) is 42.3. The summed E-state index contributed by atoms with van der Waals surface area (Å²) in [7, 11) is 0. The topological polar surface area (TPSA) is 8.17 Å². The van der Waals surface area contributed by atoms with Gasteiger partial charge in [0.05, 0.1) is 22.4 Å². The average Bonchev–Trinajstić information content (AvgIpc) is 3.97. The Kier molecular flexibility index (Phi) is 8.93. The van der Waals surface area contributed by atoms with Crippen LogP contribution < -0.4 is 4.90 Å². The summed E-state index contributed by atoms with van der Waals surface area (Å²) in [6.07, 6.45) is 10.8. The van der Waals surface area contributed by atoms with Crippen molar-refractivity contribution in [3.63, 3.8) is 0 Å². The number of anilines is 3. The van der Waals surface area contributed by atoms with Crippen LogP contribution in [-0.4, -0.2) is 4.57 Å². The largest absolute Gasteiger partial charge is 0.309 e. The van der Waals surface area contributed by atoms with Gasteiger partial charge in [-0.2, -0.15) is 0 Å². The summed E-state index contributed by atoms with van der Waals surface area (Å²) in [6.45, 7) is 0. The smallest absolute Gasteiger partial charge is 0.0547 e. The molecule has 11 aromatic rings. The maximum atomic E-state index is 2.67. The average molecular weight is 963 g/mol. The molecule has 2 heteroatoms. The van der Waals surface area contributed by atoms with Gasteiger partial charge in [-0.05, 0) is 183 Å². The van der Waals surface area contributed by atoms with Crippen LogP contribution in [-0.2, 0) is 5.41 Å². The molecule has 0 bridgehead atoms. The van der Waals surface area contributed by atoms with Crippen molar-refractivity contribution < 1.29 is 0 Å². The third kappa shape index (κ3) is 5.55. The molecule has 75 heavy (non-hydrogen) atoms. The number of hydrogen-bond donors (Lipinski definition) is 0. The molecule has 17 rings (SSSR count). The molecule has 1 heterocycles. The summed E-state index contributed by atoms with van der Waals surface area (Å²) in [5, 5.41) is 5.28. The molecule has 6 aliphatic rings. The summed E-state index contributed by atoms with van der Waals surface area (Å²) in [4.78, 5) is 2.59. The molecule has 0 amide bonds. The standard InChI is InChI=1S/C73H58N2/c1-3-18-46(19-4-1)55-28-15-20-48-21-16-30-60(70(48)55)59-26-9-13-33-65(59)74(53-39-36-47(37-40-53)56-29-17-35-67-71(56)61-27-10-14-34-66(61)75(67)52-22-5-2-6-23-52)64-32-12-8-24-54(64)49-38-41-58-57-25-7-11-31-62(57)73(63(58)42-49)68-44-50-43-51-45-69(73)72(50,51)68/h2,5-17,20-42,46,50-51,68-69H,1,3-4,18-19,43-45H2. The molecule has 10 aromatic carbocycles. The maximum Gasteiger partial charge on any atom is 0.0547 e. The van der Waals surface area contributed by atoms with E-state index in [1.54, 1.807) is 11.1 Å². The summed E-state index contributed by atoms with van der Waals surface area (Å²) in [6, 6.07) is 85.8. The minimum absolute atomic E-state index is 0.146. The van der Waals surface area contributed by atoms with Crippen LogP contribution in [0.1, 0.15) is 74.0 Å². The first-order valence-electron chi connectivity index (χ1n) is 28.1. The van der Waals surface area contributed by atoms with E-state index < -0.39 is 0 Å². The van der Waals surface area contributed by atoms with Gasteiger partial charge in [0, 0.05) is 38.7 Å². The van der Waals surface area contributed by atoms with Gasteiger partial charge in [-0.25, -0.2) is 0 Å². The Bertz CT molecular complexity index is 4100. The van der Waals surface area contributed by atoms with E-state index in [0.29, 0.717) is 11.3 Å². The van der Waals surface area contributed by atoms with Crippen molar-refractivity contribution in [2.75, 3.05) is 4.90 Å². The van der Waals surface area contributed by atoms with E-state index in [4.69, 9.17) is 0 Å². The van der Waals surface area contributed by atoms with Gasteiger partial charge >= 0.3 is 0 Å². The molecule has 0 saturated heterocycles. The second-order valence-corrected chi connectivity index (χ2v) is 23.3. The number of rotatable bonds is 8. The number of nitrogens with zero attached hydrogens (tertiary/aromatic N) is 2. The molecular formula is C73H58N2. The molecule has 0 radical (unpaired) electrons. The highest BCUT2D eigenvalue weighted by Gasteiger charge is 2.90. The van der Waals surface area contributed by atoms with E-state index in [2.05, 4.69) is 234 Å². The van der Waals surface area contributed by atoms with Crippen LogP contribution in [0.3, 0.4) is 0 Å². The molecule has 2 nitrogen and oxygen atoms in total. The first-order chi connectivity index (χ1) is 37.2. The lowest BCUT2D eigenvalue weighted by Gasteiger charge is -2.92. The van der Waals surface area contributed by atoms with Gasteiger partial charge in [0.15, 0.2) is 0 Å². The fourth-order valence-corrected chi connectivity index (χ4v) is 17.6. The van der Waals surface area contributed by atoms with Crippen LogP contribution in [0, 0.1) is 29.1 Å². The van der Waals surface area contributed by atoms with Gasteiger partial charge in [0.25, 0.3) is 0 Å². The molecular weight excluding hydrogens is 905 g/mol. The molecule has 4 atom stereocenters. The highest BCUT2D eigenvalue weighted by molar-refractivity contribution is 6.16. The predicted octanol–water partition coefficient (Wildman–Crippen LogP) is 19.4. The van der Waals surface area contributed by atoms with Gasteiger partial charge in [-0.1, -0.05) is 189 Å².